The zero-order valence-corrected chi connectivity index (χ0v) is 20.0. The number of ether oxygens (including phenoxy) is 1. The minimum Gasteiger partial charge on any atom is -0.378 e. The highest BCUT2D eigenvalue weighted by atomic mass is 19.3. The van der Waals surface area contributed by atoms with Crippen molar-refractivity contribution in [2.45, 2.75) is 44.7 Å². The van der Waals surface area contributed by atoms with Crippen molar-refractivity contribution in [3.63, 3.8) is 0 Å². The number of fused-ring (bicyclic) bond motifs is 1. The Morgan fingerprint density at radius 1 is 1.17 bits per heavy atom. The van der Waals surface area contributed by atoms with Crippen LogP contribution >= 0.6 is 0 Å². The van der Waals surface area contributed by atoms with Gasteiger partial charge < -0.3 is 19.5 Å². The maximum absolute atomic E-state index is 14.8. The van der Waals surface area contributed by atoms with E-state index < -0.39 is 36.1 Å². The second kappa shape index (κ2) is 9.34. The minimum absolute atomic E-state index is 0.0568. The van der Waals surface area contributed by atoms with E-state index in [2.05, 4.69) is 15.3 Å². The third kappa shape index (κ3) is 4.19. The Labute approximate surface area is 205 Å². The number of anilines is 2. The second-order valence-corrected chi connectivity index (χ2v) is 9.41. The number of morpholine rings is 1. The Morgan fingerprint density at radius 3 is 2.50 bits per heavy atom. The predicted octanol–water partition coefficient (Wildman–Crippen LogP) is 4.64. The van der Waals surface area contributed by atoms with Gasteiger partial charge in [0.15, 0.2) is 0 Å². The third-order valence-corrected chi connectivity index (χ3v) is 6.99. The fourth-order valence-corrected chi connectivity index (χ4v) is 4.76. The first-order valence-corrected chi connectivity index (χ1v) is 11.9. The largest absolute Gasteiger partial charge is 0.378 e. The van der Waals surface area contributed by atoms with Crippen molar-refractivity contribution in [3.05, 3.63) is 57.5 Å². The Morgan fingerprint density at radius 2 is 1.86 bits per heavy atom. The van der Waals surface area contributed by atoms with Crippen LogP contribution in [0.25, 0.3) is 10.9 Å². The molecule has 5 rings (SSSR count). The van der Waals surface area contributed by atoms with E-state index in [4.69, 9.17) is 4.74 Å². The van der Waals surface area contributed by atoms with Crippen LogP contribution < -0.4 is 15.8 Å². The van der Waals surface area contributed by atoms with E-state index in [1.165, 1.54) is 16.7 Å². The molecule has 1 aliphatic carbocycles. The molecule has 0 bridgehead atoms. The highest BCUT2D eigenvalue weighted by Gasteiger charge is 2.46. The summed E-state index contributed by atoms with van der Waals surface area (Å²) in [5, 5.41) is 3.60. The van der Waals surface area contributed by atoms with Crippen molar-refractivity contribution < 1.29 is 22.3 Å². The van der Waals surface area contributed by atoms with Gasteiger partial charge in [-0.25, -0.2) is 27.5 Å². The van der Waals surface area contributed by atoms with Gasteiger partial charge in [-0.15, -0.1) is 0 Å². The second-order valence-electron chi connectivity index (χ2n) is 9.41. The monoisotopic (exact) mass is 505 g/mol. The van der Waals surface area contributed by atoms with Gasteiger partial charge >= 0.3 is 0 Å². The molecule has 2 aliphatic rings. The molecule has 1 saturated heterocycles. The van der Waals surface area contributed by atoms with Gasteiger partial charge in [0.1, 0.15) is 35.3 Å². The lowest BCUT2D eigenvalue weighted by molar-refractivity contribution is 0.122. The number of halogens is 4. The average Bonchev–Trinajstić information content (AvgIpc) is 3.65. The van der Waals surface area contributed by atoms with Gasteiger partial charge in [-0.3, -0.25) is 4.79 Å². The van der Waals surface area contributed by atoms with Crippen molar-refractivity contribution in [1.29, 1.82) is 0 Å². The smallest absolute Gasteiger partial charge is 0.276 e. The molecule has 3 aromatic rings. The summed E-state index contributed by atoms with van der Waals surface area (Å²) >= 11 is 0. The van der Waals surface area contributed by atoms with E-state index in [9.17, 15) is 22.4 Å². The number of pyridine rings is 1. The maximum Gasteiger partial charge on any atom is 0.276 e. The van der Waals surface area contributed by atoms with Crippen molar-refractivity contribution in [3.8, 4) is 0 Å². The van der Waals surface area contributed by atoms with E-state index in [0.29, 0.717) is 67.4 Å². The average molecular weight is 506 g/mol. The van der Waals surface area contributed by atoms with Crippen LogP contribution in [0.15, 0.2) is 29.2 Å². The lowest BCUT2D eigenvalue weighted by Crippen LogP contribution is -2.42. The molecular weight excluding hydrogens is 478 g/mol. The number of hydrogen-bond acceptors (Lipinski definition) is 6. The first-order valence-electron chi connectivity index (χ1n) is 11.9. The van der Waals surface area contributed by atoms with E-state index in [1.54, 1.807) is 20.0 Å². The molecule has 0 radical (unpaired) electrons. The molecule has 36 heavy (non-hydrogen) atoms. The van der Waals surface area contributed by atoms with Crippen molar-refractivity contribution >= 4 is 22.4 Å². The van der Waals surface area contributed by atoms with Crippen LogP contribution in [-0.4, -0.2) is 47.5 Å². The molecule has 1 aliphatic heterocycles. The molecule has 1 N–H and O–H groups in total. The highest BCUT2D eigenvalue weighted by molar-refractivity contribution is 5.97. The lowest BCUT2D eigenvalue weighted by atomic mass is 10.0. The summed E-state index contributed by atoms with van der Waals surface area (Å²) in [7, 11) is 0. The first-order chi connectivity index (χ1) is 17.3. The summed E-state index contributed by atoms with van der Waals surface area (Å²) in [5.41, 5.74) is -1.10. The molecule has 2 fully saturated rings. The van der Waals surface area contributed by atoms with E-state index in [1.807, 2.05) is 4.90 Å². The SMILES string of the molecule is Cc1nc(N[C@H](C)c2cccc(C(F)F)c2F)c2cn(C3(CF)CC3)c(=O)c(N3CCOCC3)c2n1. The number of benzene rings is 1. The Hall–Kier alpha value is -3.21. The van der Waals surface area contributed by atoms with Crippen molar-refractivity contribution in [2.75, 3.05) is 43.2 Å². The van der Waals surface area contributed by atoms with Crippen LogP contribution in [0.2, 0.25) is 0 Å². The Kier molecular flexibility index (Phi) is 6.36. The molecular formula is C25H27F4N5O2. The van der Waals surface area contributed by atoms with Gasteiger partial charge in [-0.05, 0) is 26.7 Å². The van der Waals surface area contributed by atoms with Gasteiger partial charge in [0, 0.05) is 24.8 Å². The van der Waals surface area contributed by atoms with Gasteiger partial charge in [0.25, 0.3) is 12.0 Å². The molecule has 2 aromatic heterocycles. The van der Waals surface area contributed by atoms with E-state index in [-0.39, 0.29) is 11.1 Å². The normalized spacial score (nSPS) is 18.0. The van der Waals surface area contributed by atoms with Gasteiger partial charge in [0.05, 0.1) is 35.7 Å². The van der Waals surface area contributed by atoms with E-state index in [0.717, 1.165) is 6.07 Å². The minimum atomic E-state index is -2.94. The summed E-state index contributed by atoms with van der Waals surface area (Å²) in [5.74, 6) is -0.301. The van der Waals surface area contributed by atoms with Crippen LogP contribution in [0.3, 0.4) is 0 Å². The molecule has 192 valence electrons. The van der Waals surface area contributed by atoms with Gasteiger partial charge in [0.2, 0.25) is 0 Å². The fourth-order valence-electron chi connectivity index (χ4n) is 4.76. The number of alkyl halides is 3. The summed E-state index contributed by atoms with van der Waals surface area (Å²) in [6.07, 6.45) is -0.307. The van der Waals surface area contributed by atoms with Crippen LogP contribution in [0.5, 0.6) is 0 Å². The molecule has 1 aromatic carbocycles. The zero-order chi connectivity index (χ0) is 25.6. The number of aryl methyl sites for hydroxylation is 1. The standard InChI is InChI=1S/C25H27F4N5O2/c1-14(16-4-3-5-17(19(16)27)22(28)29)30-23-18-12-34(25(13-26)6-7-25)24(35)21(20(18)31-15(2)32-23)33-8-10-36-11-9-33/h3-5,12,14,22H,6-11,13H2,1-2H3,(H,30,31,32)/t14-/m1/s1. The third-order valence-electron chi connectivity index (χ3n) is 6.99. The zero-order valence-electron chi connectivity index (χ0n) is 20.0. The summed E-state index contributed by atoms with van der Waals surface area (Å²) < 4.78 is 62.3. The Balaban J connectivity index is 1.67. The van der Waals surface area contributed by atoms with Gasteiger partial charge in [-0.2, -0.15) is 0 Å². The predicted molar refractivity (Wildman–Crippen MR) is 128 cm³/mol. The van der Waals surface area contributed by atoms with Crippen LogP contribution in [0.1, 0.15) is 49.2 Å². The van der Waals surface area contributed by atoms with Crippen LogP contribution in [0.4, 0.5) is 29.1 Å². The molecule has 1 saturated carbocycles. The number of nitrogens with zero attached hydrogens (tertiary/aromatic N) is 4. The summed E-state index contributed by atoms with van der Waals surface area (Å²) in [4.78, 5) is 24.6. The highest BCUT2D eigenvalue weighted by Crippen LogP contribution is 2.44. The summed E-state index contributed by atoms with van der Waals surface area (Å²) in [6, 6.07) is 3.14. The number of aromatic nitrogens is 3. The molecule has 0 spiro atoms. The first kappa shape index (κ1) is 24.5. The molecule has 7 nitrogen and oxygen atoms in total. The van der Waals surface area contributed by atoms with Crippen LogP contribution in [0, 0.1) is 12.7 Å². The molecule has 0 unspecified atom stereocenters. The number of hydrogen-bond donors (Lipinski definition) is 1. The van der Waals surface area contributed by atoms with Crippen LogP contribution in [-0.2, 0) is 10.3 Å². The number of rotatable bonds is 7. The van der Waals surface area contributed by atoms with Crippen molar-refractivity contribution in [2.24, 2.45) is 0 Å². The molecule has 3 heterocycles. The fraction of sp³-hybridized carbons (Fsp3) is 0.480. The lowest BCUT2D eigenvalue weighted by Gasteiger charge is -2.30. The molecule has 0 amide bonds. The topological polar surface area (TPSA) is 72.3 Å². The quantitative estimate of drug-likeness (QED) is 0.472. The van der Waals surface area contributed by atoms with Gasteiger partial charge in [-0.1, -0.05) is 18.2 Å². The van der Waals surface area contributed by atoms with E-state index >= 15 is 0 Å². The number of nitrogens with one attached hydrogen (secondary N) is 1. The molecule has 11 heteroatoms. The Bertz CT molecular complexity index is 1350. The maximum atomic E-state index is 14.8. The molecule has 1 atom stereocenters. The van der Waals surface area contributed by atoms with Crippen molar-refractivity contribution in [1.82, 2.24) is 14.5 Å². The summed E-state index contributed by atoms with van der Waals surface area (Å²) in [6.45, 7) is 4.46.